The minimum absolute atomic E-state index is 0.0146. The molecule has 1 aliphatic rings. The lowest BCUT2D eigenvalue weighted by Gasteiger charge is -2.19. The summed E-state index contributed by atoms with van der Waals surface area (Å²) in [6.45, 7) is 5.85. The molecule has 4 rings (SSSR count). The summed E-state index contributed by atoms with van der Waals surface area (Å²) >= 11 is 0. The summed E-state index contributed by atoms with van der Waals surface area (Å²) in [5, 5.41) is 5.16. The zero-order valence-corrected chi connectivity index (χ0v) is 21.2. The largest absolute Gasteiger partial charge is 0.449 e. The molecule has 7 heteroatoms. The van der Waals surface area contributed by atoms with Crippen LogP contribution < -0.4 is 10.6 Å². The highest BCUT2D eigenvalue weighted by atomic mass is 19.1. The van der Waals surface area contributed by atoms with E-state index in [0.29, 0.717) is 18.5 Å². The van der Waals surface area contributed by atoms with Crippen LogP contribution in [0.25, 0.3) is 17.2 Å². The zero-order valence-electron chi connectivity index (χ0n) is 21.2. The van der Waals surface area contributed by atoms with Gasteiger partial charge < -0.3 is 14.8 Å². The Morgan fingerprint density at radius 3 is 2.22 bits per heavy atom. The van der Waals surface area contributed by atoms with E-state index >= 15 is 0 Å². The SMILES string of the molecule is CC(C)(C)OC(=O)Nc1ccc(C=CCCNC(=O)OCC2c3ccccc3-c3ccccc32)cc1F. The van der Waals surface area contributed by atoms with Crippen molar-refractivity contribution in [1.29, 1.82) is 0 Å². The zero-order chi connectivity index (χ0) is 26.4. The van der Waals surface area contributed by atoms with Crippen LogP contribution in [0.3, 0.4) is 0 Å². The smallest absolute Gasteiger partial charge is 0.412 e. The molecule has 0 aromatic heterocycles. The van der Waals surface area contributed by atoms with Crippen LogP contribution >= 0.6 is 0 Å². The van der Waals surface area contributed by atoms with Gasteiger partial charge in [-0.25, -0.2) is 14.0 Å². The maximum absolute atomic E-state index is 14.3. The van der Waals surface area contributed by atoms with E-state index in [9.17, 15) is 14.0 Å². The number of amides is 2. The molecule has 0 atom stereocenters. The number of fused-ring (bicyclic) bond motifs is 3. The van der Waals surface area contributed by atoms with Crippen molar-refractivity contribution >= 4 is 23.9 Å². The van der Waals surface area contributed by atoms with E-state index in [0.717, 1.165) is 0 Å². The molecular formula is C30H31FN2O4. The van der Waals surface area contributed by atoms with Gasteiger partial charge in [-0.15, -0.1) is 0 Å². The molecular weight excluding hydrogens is 471 g/mol. The van der Waals surface area contributed by atoms with Crippen molar-refractivity contribution in [3.8, 4) is 11.1 Å². The van der Waals surface area contributed by atoms with Gasteiger partial charge in [0.1, 0.15) is 18.0 Å². The van der Waals surface area contributed by atoms with Crippen molar-refractivity contribution < 1.29 is 23.5 Å². The van der Waals surface area contributed by atoms with Crippen LogP contribution in [-0.2, 0) is 9.47 Å². The van der Waals surface area contributed by atoms with Crippen LogP contribution in [0, 0.1) is 5.82 Å². The molecule has 3 aromatic rings. The van der Waals surface area contributed by atoms with Gasteiger partial charge in [0.15, 0.2) is 0 Å². The third-order valence-electron chi connectivity index (χ3n) is 5.86. The number of carbonyl (C=O) groups excluding carboxylic acids is 2. The lowest BCUT2D eigenvalue weighted by Crippen LogP contribution is -2.27. The van der Waals surface area contributed by atoms with E-state index in [1.165, 1.54) is 34.4 Å². The number of benzene rings is 3. The predicted octanol–water partition coefficient (Wildman–Crippen LogP) is 7.11. The molecule has 2 N–H and O–H groups in total. The van der Waals surface area contributed by atoms with Gasteiger partial charge in [0, 0.05) is 12.5 Å². The summed E-state index contributed by atoms with van der Waals surface area (Å²) < 4.78 is 25.0. The van der Waals surface area contributed by atoms with Gasteiger partial charge in [0.05, 0.1) is 5.69 Å². The second-order valence-electron chi connectivity index (χ2n) is 9.81. The summed E-state index contributed by atoms with van der Waals surface area (Å²) in [7, 11) is 0. The van der Waals surface area contributed by atoms with Gasteiger partial charge >= 0.3 is 12.2 Å². The first-order chi connectivity index (χ1) is 17.7. The maximum atomic E-state index is 14.3. The van der Waals surface area contributed by atoms with Crippen molar-refractivity contribution in [2.45, 2.75) is 38.7 Å². The average molecular weight is 503 g/mol. The number of anilines is 1. The van der Waals surface area contributed by atoms with E-state index in [2.05, 4.69) is 34.9 Å². The van der Waals surface area contributed by atoms with Gasteiger partial charge in [-0.2, -0.15) is 0 Å². The number of nitrogens with one attached hydrogen (secondary N) is 2. The molecule has 1 aliphatic carbocycles. The fourth-order valence-electron chi connectivity index (χ4n) is 4.28. The second kappa shape index (κ2) is 11.3. The molecule has 3 aromatic carbocycles. The summed E-state index contributed by atoms with van der Waals surface area (Å²) in [6.07, 6.45) is 2.94. The molecule has 0 fully saturated rings. The standard InChI is InChI=1S/C30H31FN2O4/c1-30(2,3)37-29(35)33-27-16-15-20(18-26(27)31)10-8-9-17-32-28(34)36-19-25-23-13-6-4-11-21(23)22-12-5-7-14-24(22)25/h4-8,10-16,18,25H,9,17,19H2,1-3H3,(H,32,34)(H,33,35). The molecule has 2 amide bonds. The number of rotatable bonds is 7. The number of ether oxygens (including phenoxy) is 2. The molecule has 0 heterocycles. The lowest BCUT2D eigenvalue weighted by molar-refractivity contribution is 0.0635. The van der Waals surface area contributed by atoms with Crippen molar-refractivity contribution in [3.05, 3.63) is 95.3 Å². The molecule has 0 unspecified atom stereocenters. The first kappa shape index (κ1) is 25.9. The predicted molar refractivity (Wildman–Crippen MR) is 143 cm³/mol. The number of alkyl carbamates (subject to hydrolysis) is 1. The van der Waals surface area contributed by atoms with E-state index in [4.69, 9.17) is 9.47 Å². The van der Waals surface area contributed by atoms with Crippen LogP contribution in [0.1, 0.15) is 49.8 Å². The van der Waals surface area contributed by atoms with E-state index < -0.39 is 23.6 Å². The molecule has 0 saturated carbocycles. The van der Waals surface area contributed by atoms with Crippen LogP contribution in [0.5, 0.6) is 0 Å². The van der Waals surface area contributed by atoms with Gasteiger partial charge in [0.25, 0.3) is 0 Å². The monoisotopic (exact) mass is 502 g/mol. The van der Waals surface area contributed by atoms with Crippen LogP contribution in [-0.4, -0.2) is 30.9 Å². The highest BCUT2D eigenvalue weighted by molar-refractivity contribution is 5.85. The third kappa shape index (κ3) is 6.76. The van der Waals surface area contributed by atoms with E-state index in [-0.39, 0.29) is 18.2 Å². The average Bonchev–Trinajstić information content (AvgIpc) is 3.17. The number of hydrogen-bond donors (Lipinski definition) is 2. The molecule has 0 aliphatic heterocycles. The Kier molecular flexibility index (Phi) is 7.92. The Hall–Kier alpha value is -4.13. The Bertz CT molecular complexity index is 1270. The summed E-state index contributed by atoms with van der Waals surface area (Å²) in [5.41, 5.74) is 4.70. The summed E-state index contributed by atoms with van der Waals surface area (Å²) in [5.74, 6) is -0.550. The minimum Gasteiger partial charge on any atom is -0.449 e. The number of hydrogen-bond acceptors (Lipinski definition) is 4. The molecule has 0 bridgehead atoms. The minimum atomic E-state index is -0.714. The normalized spacial score (nSPS) is 12.6. The van der Waals surface area contributed by atoms with Gasteiger partial charge in [-0.3, -0.25) is 5.32 Å². The summed E-state index contributed by atoms with van der Waals surface area (Å²) in [6, 6.07) is 20.9. The third-order valence-corrected chi connectivity index (χ3v) is 5.86. The van der Waals surface area contributed by atoms with Crippen LogP contribution in [0.15, 0.2) is 72.8 Å². The molecule has 0 radical (unpaired) electrons. The molecule has 6 nitrogen and oxygen atoms in total. The fourth-order valence-corrected chi connectivity index (χ4v) is 4.28. The van der Waals surface area contributed by atoms with Crippen molar-refractivity contribution in [1.82, 2.24) is 5.32 Å². The van der Waals surface area contributed by atoms with Crippen molar-refractivity contribution in [2.24, 2.45) is 0 Å². The fraction of sp³-hybridized carbons (Fsp3) is 0.267. The second-order valence-corrected chi connectivity index (χ2v) is 9.81. The highest BCUT2D eigenvalue weighted by Crippen LogP contribution is 2.44. The van der Waals surface area contributed by atoms with Crippen molar-refractivity contribution in [2.75, 3.05) is 18.5 Å². The summed E-state index contributed by atoms with van der Waals surface area (Å²) in [4.78, 5) is 24.1. The van der Waals surface area contributed by atoms with E-state index in [1.54, 1.807) is 32.9 Å². The van der Waals surface area contributed by atoms with Gasteiger partial charge in [-0.05, 0) is 67.1 Å². The first-order valence-electron chi connectivity index (χ1n) is 12.3. The van der Waals surface area contributed by atoms with Gasteiger partial charge in [-0.1, -0.05) is 66.7 Å². The van der Waals surface area contributed by atoms with Crippen molar-refractivity contribution in [3.63, 3.8) is 0 Å². The molecule has 37 heavy (non-hydrogen) atoms. The molecule has 192 valence electrons. The Morgan fingerprint density at radius 2 is 1.59 bits per heavy atom. The van der Waals surface area contributed by atoms with Gasteiger partial charge in [0.2, 0.25) is 0 Å². The van der Waals surface area contributed by atoms with Crippen LogP contribution in [0.4, 0.5) is 19.7 Å². The Labute approximate surface area is 216 Å². The molecule has 0 saturated heterocycles. The molecule has 0 spiro atoms. The first-order valence-corrected chi connectivity index (χ1v) is 12.3. The van der Waals surface area contributed by atoms with E-state index in [1.807, 2.05) is 30.3 Å². The number of carbonyl (C=O) groups is 2. The topological polar surface area (TPSA) is 76.7 Å². The highest BCUT2D eigenvalue weighted by Gasteiger charge is 2.28. The quantitative estimate of drug-likeness (QED) is 0.338. The Balaban J connectivity index is 1.22. The number of halogens is 1. The Morgan fingerprint density at radius 1 is 0.946 bits per heavy atom. The maximum Gasteiger partial charge on any atom is 0.412 e. The van der Waals surface area contributed by atoms with Crippen LogP contribution in [0.2, 0.25) is 0 Å². The lowest BCUT2D eigenvalue weighted by atomic mass is 9.98.